The molecule has 1 saturated heterocycles. The van der Waals surface area contributed by atoms with Gasteiger partial charge in [0.05, 0.1) is 0 Å². The van der Waals surface area contributed by atoms with Crippen LogP contribution >= 0.6 is 0 Å². The van der Waals surface area contributed by atoms with Gasteiger partial charge in [-0.3, -0.25) is 9.59 Å². The second kappa shape index (κ2) is 9.92. The van der Waals surface area contributed by atoms with E-state index in [0.717, 1.165) is 60.4 Å². The van der Waals surface area contributed by atoms with Gasteiger partial charge in [-0.2, -0.15) is 0 Å². The van der Waals surface area contributed by atoms with E-state index < -0.39 is 0 Å². The number of amides is 1. The van der Waals surface area contributed by atoms with Crippen molar-refractivity contribution in [3.05, 3.63) is 70.8 Å². The van der Waals surface area contributed by atoms with E-state index in [1.807, 2.05) is 68.1 Å². The number of nitrogens with one attached hydrogen (secondary N) is 1. The Morgan fingerprint density at radius 3 is 2.27 bits per heavy atom. The smallest absolute Gasteiger partial charge is 0.253 e. The molecular weight excluding hydrogens is 412 g/mol. The monoisotopic (exact) mass is 446 g/mol. The molecular formula is C28H34N2O3. The van der Waals surface area contributed by atoms with Crippen LogP contribution in [0.4, 0.5) is 0 Å². The number of nitrogens with zero attached hydrogens (tertiary/aromatic N) is 1. The quantitative estimate of drug-likeness (QED) is 0.602. The zero-order valence-corrected chi connectivity index (χ0v) is 19.9. The molecule has 0 aliphatic carbocycles. The van der Waals surface area contributed by atoms with Crippen molar-refractivity contribution in [3.63, 3.8) is 0 Å². The predicted octanol–water partition coefficient (Wildman–Crippen LogP) is 5.10. The lowest BCUT2D eigenvalue weighted by atomic mass is 9.82. The summed E-state index contributed by atoms with van der Waals surface area (Å²) in [6.07, 6.45) is 5.39. The van der Waals surface area contributed by atoms with Gasteiger partial charge in [-0.15, -0.1) is 0 Å². The third-order valence-corrected chi connectivity index (χ3v) is 6.73. The first-order valence-electron chi connectivity index (χ1n) is 12.2. The Balaban J connectivity index is 1.75. The van der Waals surface area contributed by atoms with Crippen LogP contribution in [0.5, 0.6) is 5.75 Å². The fraction of sp³-hybridized carbons (Fsp3) is 0.429. The van der Waals surface area contributed by atoms with Gasteiger partial charge in [-0.1, -0.05) is 19.1 Å². The van der Waals surface area contributed by atoms with Gasteiger partial charge in [0.25, 0.3) is 5.91 Å². The van der Waals surface area contributed by atoms with Crippen molar-refractivity contribution in [2.75, 3.05) is 26.2 Å². The maximum atomic E-state index is 12.8. The number of ketones is 1. The highest BCUT2D eigenvalue weighted by Crippen LogP contribution is 2.43. The Hall–Kier alpha value is -2.92. The highest BCUT2D eigenvalue weighted by Gasteiger charge is 2.37. The van der Waals surface area contributed by atoms with Gasteiger partial charge in [0.1, 0.15) is 11.4 Å². The summed E-state index contributed by atoms with van der Waals surface area (Å²) in [4.78, 5) is 27.2. The second-order valence-corrected chi connectivity index (χ2v) is 8.91. The van der Waals surface area contributed by atoms with Crippen molar-refractivity contribution >= 4 is 17.3 Å². The molecule has 0 bridgehead atoms. The molecule has 4 rings (SSSR count). The summed E-state index contributed by atoms with van der Waals surface area (Å²) in [6, 6.07) is 13.7. The summed E-state index contributed by atoms with van der Waals surface area (Å²) in [5.41, 5.74) is 4.13. The zero-order chi connectivity index (χ0) is 23.4. The number of Topliss-reactive ketones (excluding diaryl/α,β-unsaturated/α-hetero) is 1. The average Bonchev–Trinajstić information content (AvgIpc) is 2.84. The van der Waals surface area contributed by atoms with Gasteiger partial charge in [0.2, 0.25) is 0 Å². The van der Waals surface area contributed by atoms with Crippen LogP contribution in [-0.2, 0) is 0 Å². The Labute approximate surface area is 196 Å². The number of fused-ring (bicyclic) bond motifs is 1. The van der Waals surface area contributed by atoms with Gasteiger partial charge < -0.3 is 15.0 Å². The summed E-state index contributed by atoms with van der Waals surface area (Å²) in [6.45, 7) is 9.21. The van der Waals surface area contributed by atoms with E-state index in [-0.39, 0.29) is 17.3 Å². The topological polar surface area (TPSA) is 58.6 Å². The summed E-state index contributed by atoms with van der Waals surface area (Å²) >= 11 is 0. The molecule has 2 aromatic carbocycles. The minimum Gasteiger partial charge on any atom is -0.482 e. The lowest BCUT2D eigenvalue weighted by Gasteiger charge is -2.40. The first-order chi connectivity index (χ1) is 16.0. The lowest BCUT2D eigenvalue weighted by Crippen LogP contribution is -2.46. The third kappa shape index (κ3) is 4.74. The molecule has 1 N–H and O–H groups in total. The molecule has 1 amide bonds. The standard InChI is InChI=1S/C28H34N2O3/c1-4-7-25(31)22-12-13-26-23(18-22)24(19-28(33-26)14-16-29-17-15-28)20-8-10-21(11-9-20)27(32)30(5-2)6-3/h8-13,18-19,29H,4-7,14-17H2,1-3H3. The Morgan fingerprint density at radius 1 is 0.970 bits per heavy atom. The summed E-state index contributed by atoms with van der Waals surface area (Å²) in [5.74, 6) is 1.03. The van der Waals surface area contributed by atoms with Crippen LogP contribution in [0.2, 0.25) is 0 Å². The van der Waals surface area contributed by atoms with E-state index in [9.17, 15) is 9.59 Å². The molecule has 2 aliphatic rings. The Bertz CT molecular complexity index is 1050. The van der Waals surface area contributed by atoms with Crippen molar-refractivity contribution < 1.29 is 14.3 Å². The third-order valence-electron chi connectivity index (χ3n) is 6.73. The van der Waals surface area contributed by atoms with Gasteiger partial charge in [0, 0.05) is 49.0 Å². The molecule has 174 valence electrons. The fourth-order valence-corrected chi connectivity index (χ4v) is 4.78. The van der Waals surface area contributed by atoms with Gasteiger partial charge in [-0.25, -0.2) is 0 Å². The molecule has 1 spiro atoms. The number of carbonyl (C=O) groups is 2. The highest BCUT2D eigenvalue weighted by atomic mass is 16.5. The summed E-state index contributed by atoms with van der Waals surface area (Å²) in [5, 5.41) is 3.42. The maximum Gasteiger partial charge on any atom is 0.253 e. The van der Waals surface area contributed by atoms with Crippen molar-refractivity contribution in [3.8, 4) is 5.75 Å². The lowest BCUT2D eigenvalue weighted by molar-refractivity contribution is 0.0772. The SMILES string of the molecule is CCCC(=O)c1ccc2c(c1)C(c1ccc(C(=O)N(CC)CC)cc1)=CC1(CCNCC1)O2. The minimum atomic E-state index is -0.349. The van der Waals surface area contributed by atoms with Gasteiger partial charge in [-0.05, 0) is 80.9 Å². The first kappa shape index (κ1) is 23.2. The van der Waals surface area contributed by atoms with Gasteiger partial charge >= 0.3 is 0 Å². The van der Waals surface area contributed by atoms with Crippen molar-refractivity contribution in [1.29, 1.82) is 0 Å². The first-order valence-corrected chi connectivity index (χ1v) is 12.2. The van der Waals surface area contributed by atoms with E-state index in [4.69, 9.17) is 4.74 Å². The molecule has 2 aliphatic heterocycles. The number of benzene rings is 2. The fourth-order valence-electron chi connectivity index (χ4n) is 4.78. The highest BCUT2D eigenvalue weighted by molar-refractivity contribution is 5.99. The molecule has 0 unspecified atom stereocenters. The molecule has 2 aromatic rings. The van der Waals surface area contributed by atoms with Crippen LogP contribution in [0.1, 0.15) is 78.3 Å². The normalized spacial score (nSPS) is 16.5. The van der Waals surface area contributed by atoms with Crippen LogP contribution in [0.15, 0.2) is 48.5 Å². The van der Waals surface area contributed by atoms with Crippen LogP contribution in [-0.4, -0.2) is 48.4 Å². The molecule has 0 aromatic heterocycles. The Kier molecular flexibility index (Phi) is 6.99. The maximum absolute atomic E-state index is 12.8. The molecule has 5 heteroatoms. The second-order valence-electron chi connectivity index (χ2n) is 8.91. The minimum absolute atomic E-state index is 0.0511. The summed E-state index contributed by atoms with van der Waals surface area (Å²) in [7, 11) is 0. The van der Waals surface area contributed by atoms with Crippen molar-refractivity contribution in [1.82, 2.24) is 10.2 Å². The molecule has 1 fully saturated rings. The number of carbonyl (C=O) groups excluding carboxylic acids is 2. The van der Waals surface area contributed by atoms with E-state index in [0.29, 0.717) is 25.1 Å². The van der Waals surface area contributed by atoms with Crippen LogP contribution in [0.25, 0.3) is 5.57 Å². The summed E-state index contributed by atoms with van der Waals surface area (Å²) < 4.78 is 6.54. The molecule has 0 radical (unpaired) electrons. The number of ether oxygens (including phenoxy) is 1. The van der Waals surface area contributed by atoms with Crippen molar-refractivity contribution in [2.24, 2.45) is 0 Å². The van der Waals surface area contributed by atoms with E-state index in [2.05, 4.69) is 11.4 Å². The number of piperidine rings is 1. The molecule has 2 heterocycles. The molecule has 0 saturated carbocycles. The molecule has 5 nitrogen and oxygen atoms in total. The van der Waals surface area contributed by atoms with Crippen molar-refractivity contribution in [2.45, 2.75) is 52.1 Å². The Morgan fingerprint density at radius 2 is 1.64 bits per heavy atom. The van der Waals surface area contributed by atoms with E-state index in [1.54, 1.807) is 0 Å². The average molecular weight is 447 g/mol. The molecule has 0 atom stereocenters. The molecule has 33 heavy (non-hydrogen) atoms. The van der Waals surface area contributed by atoms with Crippen LogP contribution in [0.3, 0.4) is 0 Å². The number of rotatable bonds is 7. The number of hydrogen-bond acceptors (Lipinski definition) is 4. The number of hydrogen-bond donors (Lipinski definition) is 1. The predicted molar refractivity (Wildman–Crippen MR) is 132 cm³/mol. The van der Waals surface area contributed by atoms with Crippen LogP contribution in [0, 0.1) is 0 Å². The van der Waals surface area contributed by atoms with Gasteiger partial charge in [0.15, 0.2) is 5.78 Å². The largest absolute Gasteiger partial charge is 0.482 e. The zero-order valence-electron chi connectivity index (χ0n) is 19.9. The van der Waals surface area contributed by atoms with E-state index in [1.165, 1.54) is 0 Å². The van der Waals surface area contributed by atoms with E-state index >= 15 is 0 Å². The van der Waals surface area contributed by atoms with Crippen LogP contribution < -0.4 is 10.1 Å².